The maximum Gasteiger partial charge on any atom is 0.103 e. The Hall–Kier alpha value is -0.240. The molecule has 1 aromatic heterocycles. The quantitative estimate of drug-likeness (QED) is 0.536. The van der Waals surface area contributed by atoms with Gasteiger partial charge in [-0.2, -0.15) is 0 Å². The molecule has 0 bridgehead atoms. The SMILES string of the molecule is BrCCCCCCc1ccco1. The van der Waals surface area contributed by atoms with E-state index in [-0.39, 0.29) is 0 Å². The molecule has 1 aromatic rings. The number of alkyl halides is 1. The van der Waals surface area contributed by atoms with Gasteiger partial charge < -0.3 is 4.42 Å². The Bertz CT molecular complexity index is 182. The molecular formula is C10H15BrO. The van der Waals surface area contributed by atoms with Crippen molar-refractivity contribution in [2.45, 2.75) is 32.1 Å². The molecule has 0 aliphatic heterocycles. The standard InChI is InChI=1S/C10H15BrO/c11-8-4-2-1-3-6-10-7-5-9-12-10/h5,7,9H,1-4,6,8H2. The summed E-state index contributed by atoms with van der Waals surface area (Å²) in [6, 6.07) is 4.00. The van der Waals surface area contributed by atoms with Crippen molar-refractivity contribution >= 4 is 15.9 Å². The first-order valence-electron chi connectivity index (χ1n) is 4.52. The fourth-order valence-corrected chi connectivity index (χ4v) is 1.60. The predicted molar refractivity (Wildman–Crippen MR) is 54.7 cm³/mol. The third kappa shape index (κ3) is 3.96. The maximum absolute atomic E-state index is 5.23. The summed E-state index contributed by atoms with van der Waals surface area (Å²) in [4.78, 5) is 0. The van der Waals surface area contributed by atoms with Crippen LogP contribution in [0.4, 0.5) is 0 Å². The fraction of sp³-hybridized carbons (Fsp3) is 0.600. The van der Waals surface area contributed by atoms with Crippen molar-refractivity contribution in [1.82, 2.24) is 0 Å². The molecule has 1 rings (SSSR count). The monoisotopic (exact) mass is 230 g/mol. The van der Waals surface area contributed by atoms with Crippen LogP contribution in [0.5, 0.6) is 0 Å². The molecule has 12 heavy (non-hydrogen) atoms. The predicted octanol–water partition coefficient (Wildman–Crippen LogP) is 3.78. The summed E-state index contributed by atoms with van der Waals surface area (Å²) in [5.41, 5.74) is 0. The molecule has 0 saturated heterocycles. The summed E-state index contributed by atoms with van der Waals surface area (Å²) in [7, 11) is 0. The van der Waals surface area contributed by atoms with E-state index in [2.05, 4.69) is 15.9 Å². The highest BCUT2D eigenvalue weighted by Gasteiger charge is 1.94. The highest BCUT2D eigenvalue weighted by molar-refractivity contribution is 9.09. The zero-order valence-corrected chi connectivity index (χ0v) is 8.85. The third-order valence-corrected chi connectivity index (χ3v) is 2.45. The second-order valence-electron chi connectivity index (χ2n) is 2.93. The Balaban J connectivity index is 1.96. The van der Waals surface area contributed by atoms with Crippen LogP contribution in [0.1, 0.15) is 31.4 Å². The Labute approximate surface area is 82.3 Å². The zero-order valence-electron chi connectivity index (χ0n) is 7.26. The number of unbranched alkanes of at least 4 members (excludes halogenated alkanes) is 3. The van der Waals surface area contributed by atoms with Crippen molar-refractivity contribution in [3.8, 4) is 0 Å². The number of hydrogen-bond acceptors (Lipinski definition) is 1. The van der Waals surface area contributed by atoms with Gasteiger partial charge in [0.05, 0.1) is 6.26 Å². The molecule has 0 radical (unpaired) electrons. The molecule has 2 heteroatoms. The molecular weight excluding hydrogens is 216 g/mol. The lowest BCUT2D eigenvalue weighted by Crippen LogP contribution is -1.83. The molecule has 0 atom stereocenters. The van der Waals surface area contributed by atoms with Crippen LogP contribution in [0.15, 0.2) is 22.8 Å². The van der Waals surface area contributed by atoms with Crippen LogP contribution in [0.2, 0.25) is 0 Å². The van der Waals surface area contributed by atoms with Gasteiger partial charge in [0.1, 0.15) is 5.76 Å². The van der Waals surface area contributed by atoms with Crippen LogP contribution >= 0.6 is 15.9 Å². The van der Waals surface area contributed by atoms with Gasteiger partial charge >= 0.3 is 0 Å². The Morgan fingerprint density at radius 2 is 2.00 bits per heavy atom. The lowest BCUT2D eigenvalue weighted by molar-refractivity contribution is 0.495. The first-order valence-corrected chi connectivity index (χ1v) is 5.64. The van der Waals surface area contributed by atoms with Crippen molar-refractivity contribution in [3.63, 3.8) is 0 Å². The van der Waals surface area contributed by atoms with Crippen LogP contribution in [-0.4, -0.2) is 5.33 Å². The molecule has 1 heterocycles. The van der Waals surface area contributed by atoms with Gasteiger partial charge in [-0.1, -0.05) is 28.8 Å². The normalized spacial score (nSPS) is 10.4. The van der Waals surface area contributed by atoms with Gasteiger partial charge in [0.25, 0.3) is 0 Å². The zero-order chi connectivity index (χ0) is 8.65. The van der Waals surface area contributed by atoms with E-state index in [1.54, 1.807) is 6.26 Å². The van der Waals surface area contributed by atoms with Gasteiger partial charge in [-0.3, -0.25) is 0 Å². The highest BCUT2D eigenvalue weighted by atomic mass is 79.9. The van der Waals surface area contributed by atoms with E-state index in [9.17, 15) is 0 Å². The summed E-state index contributed by atoms with van der Waals surface area (Å²) in [6.45, 7) is 0. The first-order chi connectivity index (χ1) is 5.93. The molecule has 0 N–H and O–H groups in total. The topological polar surface area (TPSA) is 13.1 Å². The van der Waals surface area contributed by atoms with Crippen molar-refractivity contribution in [3.05, 3.63) is 24.2 Å². The van der Waals surface area contributed by atoms with Crippen molar-refractivity contribution in [2.75, 3.05) is 5.33 Å². The van der Waals surface area contributed by atoms with E-state index >= 15 is 0 Å². The number of hydrogen-bond donors (Lipinski definition) is 0. The highest BCUT2D eigenvalue weighted by Crippen LogP contribution is 2.08. The summed E-state index contributed by atoms with van der Waals surface area (Å²) in [6.07, 6.45) is 8.01. The molecule has 0 aliphatic carbocycles. The number of halogens is 1. The summed E-state index contributed by atoms with van der Waals surface area (Å²) >= 11 is 3.42. The molecule has 0 fully saturated rings. The van der Waals surface area contributed by atoms with Crippen LogP contribution in [0.25, 0.3) is 0 Å². The van der Waals surface area contributed by atoms with Gasteiger partial charge in [-0.15, -0.1) is 0 Å². The van der Waals surface area contributed by atoms with E-state index < -0.39 is 0 Å². The van der Waals surface area contributed by atoms with Crippen molar-refractivity contribution in [1.29, 1.82) is 0 Å². The Morgan fingerprint density at radius 3 is 2.67 bits per heavy atom. The summed E-state index contributed by atoms with van der Waals surface area (Å²) in [5.74, 6) is 1.12. The minimum atomic E-state index is 1.09. The van der Waals surface area contributed by atoms with Crippen LogP contribution in [-0.2, 0) is 6.42 Å². The molecule has 0 spiro atoms. The average Bonchev–Trinajstić information content (AvgIpc) is 2.57. The van der Waals surface area contributed by atoms with Crippen LogP contribution < -0.4 is 0 Å². The fourth-order valence-electron chi connectivity index (χ4n) is 1.20. The van der Waals surface area contributed by atoms with Gasteiger partial charge in [0.2, 0.25) is 0 Å². The summed E-state index contributed by atoms with van der Waals surface area (Å²) < 4.78 is 5.23. The average molecular weight is 231 g/mol. The van der Waals surface area contributed by atoms with Gasteiger partial charge in [0.15, 0.2) is 0 Å². The Morgan fingerprint density at radius 1 is 1.17 bits per heavy atom. The van der Waals surface area contributed by atoms with E-state index in [4.69, 9.17) is 4.42 Å². The van der Waals surface area contributed by atoms with E-state index in [1.807, 2.05) is 12.1 Å². The second-order valence-corrected chi connectivity index (χ2v) is 3.73. The molecule has 68 valence electrons. The first kappa shape index (κ1) is 9.85. The van der Waals surface area contributed by atoms with Gasteiger partial charge in [-0.25, -0.2) is 0 Å². The van der Waals surface area contributed by atoms with Crippen LogP contribution in [0.3, 0.4) is 0 Å². The van der Waals surface area contributed by atoms with E-state index in [1.165, 1.54) is 25.7 Å². The maximum atomic E-state index is 5.23. The van der Waals surface area contributed by atoms with Crippen LogP contribution in [0, 0.1) is 0 Å². The van der Waals surface area contributed by atoms with Gasteiger partial charge in [0, 0.05) is 11.8 Å². The largest absolute Gasteiger partial charge is 0.469 e. The Kier molecular flexibility index (Phi) is 5.16. The molecule has 1 nitrogen and oxygen atoms in total. The number of aryl methyl sites for hydroxylation is 1. The second kappa shape index (κ2) is 6.30. The summed E-state index contributed by atoms with van der Waals surface area (Å²) in [5, 5.41) is 1.13. The lowest BCUT2D eigenvalue weighted by Gasteiger charge is -1.96. The molecule has 0 unspecified atom stereocenters. The van der Waals surface area contributed by atoms with E-state index in [0.29, 0.717) is 0 Å². The van der Waals surface area contributed by atoms with E-state index in [0.717, 1.165) is 17.5 Å². The molecule has 0 saturated carbocycles. The number of furan rings is 1. The van der Waals surface area contributed by atoms with Crippen molar-refractivity contribution in [2.24, 2.45) is 0 Å². The minimum absolute atomic E-state index is 1.09. The molecule has 0 aromatic carbocycles. The third-order valence-electron chi connectivity index (χ3n) is 1.89. The molecule has 0 aliphatic rings. The lowest BCUT2D eigenvalue weighted by atomic mass is 10.1. The molecule has 0 amide bonds. The smallest absolute Gasteiger partial charge is 0.103 e. The number of rotatable bonds is 6. The van der Waals surface area contributed by atoms with Crippen molar-refractivity contribution < 1.29 is 4.42 Å². The van der Waals surface area contributed by atoms with Gasteiger partial charge in [-0.05, 0) is 25.0 Å². The minimum Gasteiger partial charge on any atom is -0.469 e.